The molecular formula is C28H27N3O4S. The van der Waals surface area contributed by atoms with Crippen molar-refractivity contribution in [2.45, 2.75) is 33.6 Å². The molecule has 1 N–H and O–H groups in total. The molecule has 1 fully saturated rings. The Hall–Kier alpha value is -4.04. The Balaban J connectivity index is 1.72. The summed E-state index contributed by atoms with van der Waals surface area (Å²) in [5, 5.41) is 2.68. The number of carbonyl (C=O) groups is 3. The largest absolute Gasteiger partial charge is 0.465 e. The third kappa shape index (κ3) is 4.59. The van der Waals surface area contributed by atoms with Gasteiger partial charge in [-0.2, -0.15) is 0 Å². The standard InChI is InChI=1S/C28H27N3O4S/c1-16(2)19-9-11-22(12-10-19)31-26(33)24(25(32)29-28(31)36)15-21-13-17(3)30(18(21)4)23-8-6-7-20(14-23)27(34)35-5/h6-16H,1-5H3,(H,29,32,36)/b24-15+. The van der Waals surface area contributed by atoms with Gasteiger partial charge in [0.2, 0.25) is 0 Å². The van der Waals surface area contributed by atoms with Gasteiger partial charge in [0.15, 0.2) is 5.11 Å². The highest BCUT2D eigenvalue weighted by Gasteiger charge is 2.34. The number of carbonyl (C=O) groups excluding carboxylic acids is 3. The Labute approximate surface area is 215 Å². The Morgan fingerprint density at radius 2 is 1.72 bits per heavy atom. The molecule has 1 saturated heterocycles. The van der Waals surface area contributed by atoms with Gasteiger partial charge in [0.05, 0.1) is 18.4 Å². The molecule has 2 heterocycles. The molecule has 7 nitrogen and oxygen atoms in total. The molecule has 0 aliphatic carbocycles. The van der Waals surface area contributed by atoms with E-state index in [4.69, 9.17) is 17.0 Å². The summed E-state index contributed by atoms with van der Waals surface area (Å²) in [6.07, 6.45) is 1.58. The highest BCUT2D eigenvalue weighted by Crippen LogP contribution is 2.27. The summed E-state index contributed by atoms with van der Waals surface area (Å²) in [5.41, 5.74) is 5.30. The maximum Gasteiger partial charge on any atom is 0.337 e. The zero-order chi connectivity index (χ0) is 26.1. The van der Waals surface area contributed by atoms with Gasteiger partial charge in [-0.3, -0.25) is 19.8 Å². The monoisotopic (exact) mass is 501 g/mol. The van der Waals surface area contributed by atoms with Gasteiger partial charge in [-0.15, -0.1) is 0 Å². The van der Waals surface area contributed by atoms with E-state index in [1.807, 2.05) is 54.8 Å². The van der Waals surface area contributed by atoms with Crippen molar-refractivity contribution in [1.29, 1.82) is 0 Å². The summed E-state index contributed by atoms with van der Waals surface area (Å²) in [7, 11) is 1.34. The number of aryl methyl sites for hydroxylation is 1. The molecule has 1 aromatic heterocycles. The lowest BCUT2D eigenvalue weighted by Crippen LogP contribution is -2.54. The smallest absolute Gasteiger partial charge is 0.337 e. The predicted octanol–water partition coefficient (Wildman–Crippen LogP) is 4.84. The number of benzene rings is 2. The summed E-state index contributed by atoms with van der Waals surface area (Å²) < 4.78 is 6.79. The maximum absolute atomic E-state index is 13.4. The normalized spacial score (nSPS) is 15.0. The topological polar surface area (TPSA) is 80.6 Å². The molecule has 1 aliphatic heterocycles. The van der Waals surface area contributed by atoms with E-state index in [1.165, 1.54) is 12.0 Å². The molecule has 184 valence electrons. The first-order chi connectivity index (χ1) is 17.1. The minimum atomic E-state index is -0.544. The lowest BCUT2D eigenvalue weighted by atomic mass is 10.0. The first-order valence-corrected chi connectivity index (χ1v) is 11.9. The van der Waals surface area contributed by atoms with Gasteiger partial charge < -0.3 is 9.30 Å². The number of aromatic nitrogens is 1. The molecule has 0 saturated carbocycles. The lowest BCUT2D eigenvalue weighted by molar-refractivity contribution is -0.122. The van der Waals surface area contributed by atoms with Crippen LogP contribution in [-0.4, -0.2) is 34.6 Å². The zero-order valence-corrected chi connectivity index (χ0v) is 21.6. The fraction of sp³-hybridized carbons (Fsp3) is 0.214. The Bertz CT molecular complexity index is 1420. The number of amides is 2. The van der Waals surface area contributed by atoms with Crippen molar-refractivity contribution < 1.29 is 19.1 Å². The SMILES string of the molecule is COC(=O)c1cccc(-n2c(C)cc(/C=C3\C(=O)NC(=S)N(c4ccc(C(C)C)cc4)C3=O)c2C)c1. The van der Waals surface area contributed by atoms with Crippen LogP contribution in [-0.2, 0) is 14.3 Å². The van der Waals surface area contributed by atoms with Gasteiger partial charge in [0.25, 0.3) is 11.8 Å². The van der Waals surface area contributed by atoms with Crippen molar-refractivity contribution >= 4 is 46.9 Å². The molecule has 0 radical (unpaired) electrons. The first-order valence-electron chi connectivity index (χ1n) is 11.5. The van der Waals surface area contributed by atoms with Crippen molar-refractivity contribution in [3.8, 4) is 5.69 Å². The molecule has 8 heteroatoms. The zero-order valence-electron chi connectivity index (χ0n) is 20.8. The summed E-state index contributed by atoms with van der Waals surface area (Å²) in [6, 6.07) is 16.5. The van der Waals surface area contributed by atoms with Gasteiger partial charge in [-0.1, -0.05) is 32.0 Å². The maximum atomic E-state index is 13.4. The van der Waals surface area contributed by atoms with Gasteiger partial charge in [-0.25, -0.2) is 4.79 Å². The van der Waals surface area contributed by atoms with Gasteiger partial charge >= 0.3 is 5.97 Å². The Morgan fingerprint density at radius 3 is 2.36 bits per heavy atom. The highest BCUT2D eigenvalue weighted by molar-refractivity contribution is 7.80. The number of hydrogen-bond acceptors (Lipinski definition) is 5. The molecule has 4 rings (SSSR count). The average molecular weight is 502 g/mol. The highest BCUT2D eigenvalue weighted by atomic mass is 32.1. The number of esters is 1. The second kappa shape index (κ2) is 9.91. The second-order valence-corrected chi connectivity index (χ2v) is 9.29. The second-order valence-electron chi connectivity index (χ2n) is 8.91. The Kier molecular flexibility index (Phi) is 6.90. The van der Waals surface area contributed by atoms with Gasteiger partial charge in [0.1, 0.15) is 5.57 Å². The number of methoxy groups -OCH3 is 1. The third-order valence-corrected chi connectivity index (χ3v) is 6.50. The number of thiocarbonyl (C=S) groups is 1. The van der Waals surface area contributed by atoms with Crippen molar-refractivity contribution in [2.24, 2.45) is 0 Å². The van der Waals surface area contributed by atoms with Crippen molar-refractivity contribution in [2.75, 3.05) is 12.0 Å². The van der Waals surface area contributed by atoms with Crippen LogP contribution < -0.4 is 10.2 Å². The predicted molar refractivity (Wildman–Crippen MR) is 143 cm³/mol. The lowest BCUT2D eigenvalue weighted by Gasteiger charge is -2.29. The van der Waals surface area contributed by atoms with Crippen molar-refractivity contribution in [1.82, 2.24) is 9.88 Å². The molecule has 1 aliphatic rings. The van der Waals surface area contributed by atoms with E-state index in [1.54, 1.807) is 24.3 Å². The summed E-state index contributed by atoms with van der Waals surface area (Å²) in [6.45, 7) is 7.99. The summed E-state index contributed by atoms with van der Waals surface area (Å²) in [4.78, 5) is 39.6. The van der Waals surface area contributed by atoms with Crippen LogP contribution in [0.2, 0.25) is 0 Å². The Morgan fingerprint density at radius 1 is 1.03 bits per heavy atom. The van der Waals surface area contributed by atoms with Crippen LogP contribution in [0.15, 0.2) is 60.2 Å². The van der Waals surface area contributed by atoms with Crippen LogP contribution in [0, 0.1) is 13.8 Å². The van der Waals surface area contributed by atoms with E-state index in [0.29, 0.717) is 22.7 Å². The molecule has 0 atom stereocenters. The van der Waals surface area contributed by atoms with E-state index in [9.17, 15) is 14.4 Å². The summed E-state index contributed by atoms with van der Waals surface area (Å²) in [5.74, 6) is -1.11. The van der Waals surface area contributed by atoms with Gasteiger partial charge in [0, 0.05) is 17.1 Å². The van der Waals surface area contributed by atoms with E-state index in [0.717, 1.165) is 22.6 Å². The fourth-order valence-corrected chi connectivity index (χ4v) is 4.56. The van der Waals surface area contributed by atoms with Gasteiger partial charge in [-0.05, 0) is 85.6 Å². The van der Waals surface area contributed by atoms with Crippen LogP contribution >= 0.6 is 12.2 Å². The quantitative estimate of drug-likeness (QED) is 0.234. The third-order valence-electron chi connectivity index (χ3n) is 6.22. The molecule has 0 unspecified atom stereocenters. The molecule has 0 spiro atoms. The molecular weight excluding hydrogens is 474 g/mol. The number of nitrogens with zero attached hydrogens (tertiary/aromatic N) is 2. The van der Waals surface area contributed by atoms with E-state index < -0.39 is 17.8 Å². The minimum Gasteiger partial charge on any atom is -0.465 e. The van der Waals surface area contributed by atoms with Crippen LogP contribution in [0.5, 0.6) is 0 Å². The summed E-state index contributed by atoms with van der Waals surface area (Å²) >= 11 is 5.33. The number of rotatable bonds is 5. The molecule has 36 heavy (non-hydrogen) atoms. The number of hydrogen-bond donors (Lipinski definition) is 1. The first kappa shape index (κ1) is 25.1. The van der Waals surface area contributed by atoms with Crippen molar-refractivity contribution in [3.05, 3.63) is 88.2 Å². The van der Waals surface area contributed by atoms with Crippen LogP contribution in [0.1, 0.15) is 52.6 Å². The van der Waals surface area contributed by atoms with E-state index in [2.05, 4.69) is 19.2 Å². The van der Waals surface area contributed by atoms with E-state index in [-0.39, 0.29) is 10.7 Å². The number of nitrogens with one attached hydrogen (secondary N) is 1. The fourth-order valence-electron chi connectivity index (χ4n) is 4.28. The number of anilines is 1. The van der Waals surface area contributed by atoms with Crippen molar-refractivity contribution in [3.63, 3.8) is 0 Å². The number of ether oxygens (including phenoxy) is 1. The average Bonchev–Trinajstić information content (AvgIpc) is 3.13. The van der Waals surface area contributed by atoms with Crippen LogP contribution in [0.25, 0.3) is 11.8 Å². The van der Waals surface area contributed by atoms with Crippen LogP contribution in [0.3, 0.4) is 0 Å². The minimum absolute atomic E-state index is 0.0138. The molecule has 3 aromatic rings. The van der Waals surface area contributed by atoms with Crippen LogP contribution in [0.4, 0.5) is 5.69 Å². The molecule has 0 bridgehead atoms. The van der Waals surface area contributed by atoms with E-state index >= 15 is 0 Å². The molecule has 2 aromatic carbocycles. The molecule has 2 amide bonds.